The largest absolute Gasteiger partial charge is 0.491 e. The lowest BCUT2D eigenvalue weighted by atomic mass is 10.2. The van der Waals surface area contributed by atoms with Gasteiger partial charge in [-0.3, -0.25) is 4.68 Å². The summed E-state index contributed by atoms with van der Waals surface area (Å²) in [7, 11) is 1.88. The molecule has 0 aliphatic heterocycles. The first-order chi connectivity index (χ1) is 14.1. The lowest BCUT2D eigenvalue weighted by Crippen LogP contribution is -2.42. The van der Waals surface area contributed by atoms with Gasteiger partial charge in [-0.15, -0.1) is 24.0 Å². The van der Waals surface area contributed by atoms with Crippen LogP contribution in [0.4, 0.5) is 13.2 Å². The molecule has 0 radical (unpaired) electrons. The lowest BCUT2D eigenvalue weighted by Gasteiger charge is -2.16. The maximum atomic E-state index is 12.6. The fraction of sp³-hybridized carbons (Fsp3) is 0.500. The van der Waals surface area contributed by atoms with Crippen molar-refractivity contribution in [2.24, 2.45) is 12.0 Å². The van der Waals surface area contributed by atoms with Crippen molar-refractivity contribution in [1.29, 1.82) is 0 Å². The van der Waals surface area contributed by atoms with Crippen molar-refractivity contribution >= 4 is 29.9 Å². The van der Waals surface area contributed by atoms with Crippen LogP contribution in [0.1, 0.15) is 29.4 Å². The Morgan fingerprint density at radius 3 is 2.39 bits per heavy atom. The summed E-state index contributed by atoms with van der Waals surface area (Å²) in [5.41, 5.74) is 2.25. The molecule has 31 heavy (non-hydrogen) atoms. The number of rotatable bonds is 8. The third-order valence-electron chi connectivity index (χ3n) is 4.53. The maximum Gasteiger partial charge on any atom is 0.416 e. The molecule has 1 atom stereocenters. The highest BCUT2D eigenvalue weighted by molar-refractivity contribution is 14.0. The van der Waals surface area contributed by atoms with Crippen LogP contribution in [0, 0.1) is 13.8 Å². The van der Waals surface area contributed by atoms with Crippen LogP contribution in [-0.2, 0) is 19.8 Å². The van der Waals surface area contributed by atoms with E-state index >= 15 is 0 Å². The number of nitrogens with zero attached hydrogens (tertiary/aromatic N) is 3. The summed E-state index contributed by atoms with van der Waals surface area (Å²) < 4.78 is 44.9. The standard InChI is InChI=1S/C20H28F3N5O2.HI/c1-5-24-19(26-11-18-13(2)27-28(4)14(18)3)25-10-16(29)12-30-17-8-6-15(7-9-17)20(21,22)23;/h6-9,16,29H,5,10-12H2,1-4H3,(H2,24,25,26);1H. The average molecular weight is 555 g/mol. The van der Waals surface area contributed by atoms with E-state index in [-0.39, 0.29) is 42.9 Å². The number of alkyl halides is 3. The number of benzene rings is 1. The summed E-state index contributed by atoms with van der Waals surface area (Å²) in [5, 5.41) is 20.6. The second kappa shape index (κ2) is 12.1. The van der Waals surface area contributed by atoms with Crippen LogP contribution in [0.25, 0.3) is 0 Å². The van der Waals surface area contributed by atoms with E-state index < -0.39 is 17.8 Å². The van der Waals surface area contributed by atoms with Gasteiger partial charge in [-0.2, -0.15) is 18.3 Å². The third kappa shape index (κ3) is 8.20. The van der Waals surface area contributed by atoms with E-state index in [0.717, 1.165) is 29.1 Å². The predicted molar refractivity (Wildman–Crippen MR) is 124 cm³/mol. The highest BCUT2D eigenvalue weighted by Crippen LogP contribution is 2.30. The molecule has 174 valence electrons. The number of hydrogen-bond acceptors (Lipinski definition) is 4. The zero-order chi connectivity index (χ0) is 22.3. The summed E-state index contributed by atoms with van der Waals surface area (Å²) in [6, 6.07) is 4.34. The quantitative estimate of drug-likeness (QED) is 0.265. The van der Waals surface area contributed by atoms with Crippen molar-refractivity contribution in [3.05, 3.63) is 46.8 Å². The van der Waals surface area contributed by atoms with Gasteiger partial charge in [0.25, 0.3) is 0 Å². The fourth-order valence-corrected chi connectivity index (χ4v) is 2.75. The Morgan fingerprint density at radius 2 is 1.87 bits per heavy atom. The van der Waals surface area contributed by atoms with Gasteiger partial charge < -0.3 is 20.5 Å². The van der Waals surface area contributed by atoms with Crippen molar-refractivity contribution in [2.45, 2.75) is 39.6 Å². The van der Waals surface area contributed by atoms with Crippen molar-refractivity contribution in [1.82, 2.24) is 20.4 Å². The van der Waals surface area contributed by atoms with Crippen molar-refractivity contribution in [3.63, 3.8) is 0 Å². The van der Waals surface area contributed by atoms with E-state index in [0.29, 0.717) is 19.0 Å². The molecule has 0 bridgehead atoms. The summed E-state index contributed by atoms with van der Waals surface area (Å²) >= 11 is 0. The SMILES string of the molecule is CCNC(=NCc1c(C)nn(C)c1C)NCC(O)COc1ccc(C(F)(F)F)cc1.I. The van der Waals surface area contributed by atoms with E-state index in [1.165, 1.54) is 12.1 Å². The molecule has 1 heterocycles. The Labute approximate surface area is 197 Å². The van der Waals surface area contributed by atoms with Crippen LogP contribution in [-0.4, -0.2) is 46.6 Å². The minimum Gasteiger partial charge on any atom is -0.491 e. The summed E-state index contributed by atoms with van der Waals surface area (Å²) in [4.78, 5) is 4.52. The molecule has 1 unspecified atom stereocenters. The van der Waals surface area contributed by atoms with Crippen LogP contribution in [0.2, 0.25) is 0 Å². The Bertz CT molecular complexity index is 854. The Morgan fingerprint density at radius 1 is 1.23 bits per heavy atom. The van der Waals surface area contributed by atoms with Crippen LogP contribution in [0.15, 0.2) is 29.3 Å². The second-order valence-corrected chi connectivity index (χ2v) is 6.84. The normalized spacial score (nSPS) is 12.8. The average Bonchev–Trinajstić information content (AvgIpc) is 2.93. The smallest absolute Gasteiger partial charge is 0.416 e. The zero-order valence-corrected chi connectivity index (χ0v) is 20.3. The van der Waals surface area contributed by atoms with Gasteiger partial charge in [0.05, 0.1) is 17.8 Å². The van der Waals surface area contributed by atoms with Crippen molar-refractivity contribution in [3.8, 4) is 5.75 Å². The third-order valence-corrected chi connectivity index (χ3v) is 4.53. The van der Waals surface area contributed by atoms with Gasteiger partial charge in [0.2, 0.25) is 0 Å². The molecule has 0 aliphatic carbocycles. The molecular weight excluding hydrogens is 526 g/mol. The molecule has 1 aromatic heterocycles. The molecule has 0 fully saturated rings. The second-order valence-electron chi connectivity index (χ2n) is 6.84. The molecule has 2 rings (SSSR count). The number of guanidine groups is 1. The van der Waals surface area contributed by atoms with Gasteiger partial charge in [0, 0.05) is 31.4 Å². The maximum absolute atomic E-state index is 12.6. The lowest BCUT2D eigenvalue weighted by molar-refractivity contribution is -0.137. The molecule has 0 amide bonds. The van der Waals surface area contributed by atoms with E-state index in [2.05, 4.69) is 20.7 Å². The Balaban J connectivity index is 0.00000480. The molecule has 3 N–H and O–H groups in total. The topological polar surface area (TPSA) is 83.7 Å². The van der Waals surface area contributed by atoms with Gasteiger partial charge in [0.15, 0.2) is 5.96 Å². The minimum absolute atomic E-state index is 0. The fourth-order valence-electron chi connectivity index (χ4n) is 2.75. The number of nitrogens with one attached hydrogen (secondary N) is 2. The molecule has 0 spiro atoms. The summed E-state index contributed by atoms with van der Waals surface area (Å²) in [6.45, 7) is 7.03. The molecule has 7 nitrogen and oxygen atoms in total. The van der Waals surface area contributed by atoms with E-state index in [1.807, 2.05) is 32.5 Å². The number of aryl methyl sites for hydroxylation is 2. The molecule has 2 aromatic rings. The highest BCUT2D eigenvalue weighted by atomic mass is 127. The van der Waals surface area contributed by atoms with Crippen molar-refractivity contribution < 1.29 is 23.0 Å². The summed E-state index contributed by atoms with van der Waals surface area (Å²) in [5.74, 6) is 0.791. The Kier molecular flexibility index (Phi) is 10.6. The highest BCUT2D eigenvalue weighted by Gasteiger charge is 2.30. The number of aromatic nitrogens is 2. The molecular formula is C20H29F3IN5O2. The van der Waals surface area contributed by atoms with Gasteiger partial charge in [-0.1, -0.05) is 0 Å². The van der Waals surface area contributed by atoms with Crippen LogP contribution in [0.3, 0.4) is 0 Å². The first-order valence-electron chi connectivity index (χ1n) is 9.61. The predicted octanol–water partition coefficient (Wildman–Crippen LogP) is 3.17. The molecule has 0 saturated heterocycles. The molecule has 0 aliphatic rings. The first-order valence-corrected chi connectivity index (χ1v) is 9.61. The van der Waals surface area contributed by atoms with Gasteiger partial charge >= 0.3 is 6.18 Å². The molecule has 11 heteroatoms. The van der Waals surface area contributed by atoms with E-state index in [4.69, 9.17) is 4.74 Å². The summed E-state index contributed by atoms with van der Waals surface area (Å²) in [6.07, 6.45) is -5.27. The monoisotopic (exact) mass is 555 g/mol. The van der Waals surface area contributed by atoms with Gasteiger partial charge in [-0.05, 0) is 45.0 Å². The minimum atomic E-state index is -4.39. The van der Waals surface area contributed by atoms with Crippen LogP contribution < -0.4 is 15.4 Å². The van der Waals surface area contributed by atoms with Crippen LogP contribution in [0.5, 0.6) is 5.75 Å². The van der Waals surface area contributed by atoms with Crippen LogP contribution >= 0.6 is 24.0 Å². The number of hydrogen-bond donors (Lipinski definition) is 3. The van der Waals surface area contributed by atoms with E-state index in [9.17, 15) is 18.3 Å². The van der Waals surface area contributed by atoms with Gasteiger partial charge in [-0.25, -0.2) is 4.99 Å². The molecule has 1 aromatic carbocycles. The number of ether oxygens (including phenoxy) is 1. The van der Waals surface area contributed by atoms with E-state index in [1.54, 1.807) is 0 Å². The number of aliphatic hydroxyl groups excluding tert-OH is 1. The molecule has 0 saturated carbocycles. The number of aliphatic imine (C=N–C) groups is 1. The van der Waals surface area contributed by atoms with Gasteiger partial charge in [0.1, 0.15) is 18.5 Å². The van der Waals surface area contributed by atoms with Crippen molar-refractivity contribution in [2.75, 3.05) is 19.7 Å². The zero-order valence-electron chi connectivity index (χ0n) is 18.0. The number of halogens is 4. The Hall–Kier alpha value is -2.02. The first kappa shape index (κ1) is 27.0. The number of aliphatic hydroxyl groups is 1.